The fourth-order valence-corrected chi connectivity index (χ4v) is 5.43. The highest BCUT2D eigenvalue weighted by atomic mass is 31.2. The molecular weight excluding hydrogens is 393 g/mol. The molecule has 0 aliphatic rings. The van der Waals surface area contributed by atoms with Crippen molar-refractivity contribution >= 4 is 7.60 Å². The van der Waals surface area contributed by atoms with Crippen LogP contribution < -0.4 is 0 Å². The van der Waals surface area contributed by atoms with Crippen LogP contribution in [0.1, 0.15) is 119 Å². The van der Waals surface area contributed by atoms with E-state index in [0.717, 1.165) is 51.6 Å². The molecule has 0 aromatic heterocycles. The monoisotopic (exact) mass is 447 g/mol. The summed E-state index contributed by atoms with van der Waals surface area (Å²) in [5, 5.41) is 0. The summed E-state index contributed by atoms with van der Waals surface area (Å²) in [5.41, 5.74) is 0. The average Bonchev–Trinajstić information content (AvgIpc) is 2.73. The van der Waals surface area contributed by atoms with Gasteiger partial charge in [0, 0.05) is 13.1 Å². The van der Waals surface area contributed by atoms with Gasteiger partial charge in [0.1, 0.15) is 6.29 Å². The number of unbranched alkanes of at least 4 members (excludes halogenated alkanes) is 3. The van der Waals surface area contributed by atoms with Gasteiger partial charge in [-0.3, -0.25) is 9.46 Å². The average molecular weight is 448 g/mol. The zero-order valence-corrected chi connectivity index (χ0v) is 22.1. The molecule has 1 N–H and O–H groups in total. The molecule has 0 spiro atoms. The molecule has 0 radical (unpaired) electrons. The predicted octanol–water partition coefficient (Wildman–Crippen LogP) is 8.10. The molecule has 0 fully saturated rings. The van der Waals surface area contributed by atoms with Crippen molar-refractivity contribution in [3.05, 3.63) is 0 Å². The van der Waals surface area contributed by atoms with E-state index in [4.69, 9.17) is 4.52 Å². The van der Waals surface area contributed by atoms with Crippen LogP contribution in [0.3, 0.4) is 0 Å². The van der Waals surface area contributed by atoms with Gasteiger partial charge in [-0.1, -0.05) is 99.3 Å². The van der Waals surface area contributed by atoms with Crippen LogP contribution in [-0.2, 0) is 9.09 Å². The minimum absolute atomic E-state index is 0.183. The summed E-state index contributed by atoms with van der Waals surface area (Å²) in [6.07, 6.45) is 14.2. The quantitative estimate of drug-likeness (QED) is 0.181. The Kier molecular flexibility index (Phi) is 18.7. The molecule has 5 heteroatoms. The van der Waals surface area contributed by atoms with Gasteiger partial charge in [-0.25, -0.2) is 0 Å². The molecule has 0 aromatic rings. The van der Waals surface area contributed by atoms with Crippen molar-refractivity contribution in [3.63, 3.8) is 0 Å². The smallest absolute Gasteiger partial charge is 0.323 e. The summed E-state index contributed by atoms with van der Waals surface area (Å²) < 4.78 is 18.7. The molecule has 0 amide bonds. The second-order valence-electron chi connectivity index (χ2n) is 9.36. The van der Waals surface area contributed by atoms with Crippen LogP contribution in [0, 0.1) is 17.8 Å². The Bertz CT molecular complexity index is 415. The van der Waals surface area contributed by atoms with Crippen molar-refractivity contribution in [1.29, 1.82) is 0 Å². The van der Waals surface area contributed by atoms with Gasteiger partial charge in [-0.05, 0) is 37.0 Å². The summed E-state index contributed by atoms with van der Waals surface area (Å²) in [7, 11) is -3.61. The molecule has 0 aliphatic heterocycles. The van der Waals surface area contributed by atoms with E-state index in [1.54, 1.807) is 0 Å². The van der Waals surface area contributed by atoms with Crippen LogP contribution in [0.5, 0.6) is 0 Å². The van der Waals surface area contributed by atoms with Gasteiger partial charge in [0.2, 0.25) is 0 Å². The zero-order valence-electron chi connectivity index (χ0n) is 21.2. The topological polar surface area (TPSA) is 49.8 Å². The van der Waals surface area contributed by atoms with Crippen molar-refractivity contribution in [2.75, 3.05) is 26.0 Å². The highest BCUT2D eigenvalue weighted by molar-refractivity contribution is 7.52. The number of hydrogen-bond donors (Lipinski definition) is 1. The highest BCUT2D eigenvalue weighted by Gasteiger charge is 2.27. The summed E-state index contributed by atoms with van der Waals surface area (Å²) in [6, 6.07) is 0. The van der Waals surface area contributed by atoms with Crippen molar-refractivity contribution in [3.8, 4) is 0 Å². The first-order chi connectivity index (χ1) is 14.3. The SMILES string of the molecule is CCCCC(CC)COP(=O)(O)CN(CC(CC)CCCC)CC(CC)CCCC. The summed E-state index contributed by atoms with van der Waals surface area (Å²) in [4.78, 5) is 12.9. The van der Waals surface area contributed by atoms with Gasteiger partial charge in [0.05, 0.1) is 6.61 Å². The van der Waals surface area contributed by atoms with Crippen molar-refractivity contribution in [2.45, 2.75) is 119 Å². The molecule has 0 aliphatic carbocycles. The van der Waals surface area contributed by atoms with E-state index in [1.807, 2.05) is 0 Å². The molecule has 0 heterocycles. The molecular formula is C25H54NO3P. The van der Waals surface area contributed by atoms with E-state index in [-0.39, 0.29) is 6.29 Å². The van der Waals surface area contributed by atoms with Crippen LogP contribution >= 0.6 is 7.60 Å². The number of rotatable bonds is 21. The Hall–Kier alpha value is 0.110. The Labute approximate surface area is 189 Å². The molecule has 4 unspecified atom stereocenters. The minimum Gasteiger partial charge on any atom is -0.323 e. The maximum atomic E-state index is 13.0. The lowest BCUT2D eigenvalue weighted by atomic mass is 9.96. The van der Waals surface area contributed by atoms with Gasteiger partial charge in [0.25, 0.3) is 0 Å². The lowest BCUT2D eigenvalue weighted by molar-refractivity contribution is 0.165. The molecule has 0 saturated heterocycles. The van der Waals surface area contributed by atoms with E-state index in [9.17, 15) is 9.46 Å². The lowest BCUT2D eigenvalue weighted by Crippen LogP contribution is -2.35. The molecule has 0 saturated carbocycles. The van der Waals surface area contributed by atoms with E-state index in [0.29, 0.717) is 24.4 Å². The minimum atomic E-state index is -3.61. The molecule has 4 atom stereocenters. The molecule has 4 nitrogen and oxygen atoms in total. The molecule has 0 aromatic carbocycles. The van der Waals surface area contributed by atoms with Gasteiger partial charge >= 0.3 is 7.60 Å². The highest BCUT2D eigenvalue weighted by Crippen LogP contribution is 2.44. The second-order valence-corrected chi connectivity index (χ2v) is 11.2. The fraction of sp³-hybridized carbons (Fsp3) is 1.00. The van der Waals surface area contributed by atoms with Gasteiger partial charge in [-0.2, -0.15) is 0 Å². The lowest BCUT2D eigenvalue weighted by Gasteiger charge is -2.32. The van der Waals surface area contributed by atoms with E-state index >= 15 is 0 Å². The summed E-state index contributed by atoms with van der Waals surface area (Å²) in [5.74, 6) is 1.59. The van der Waals surface area contributed by atoms with Crippen molar-refractivity contribution < 1.29 is 14.0 Å². The Morgan fingerprint density at radius 2 is 1.13 bits per heavy atom. The largest absolute Gasteiger partial charge is 0.342 e. The maximum absolute atomic E-state index is 13.0. The third-order valence-corrected chi connectivity index (χ3v) is 7.86. The van der Waals surface area contributed by atoms with Gasteiger partial charge in [-0.15, -0.1) is 0 Å². The third kappa shape index (κ3) is 15.0. The Balaban J connectivity index is 5.04. The van der Waals surface area contributed by atoms with E-state index < -0.39 is 7.60 Å². The zero-order chi connectivity index (χ0) is 22.8. The number of hydrogen-bond acceptors (Lipinski definition) is 3. The maximum Gasteiger partial charge on any atom is 0.342 e. The molecule has 182 valence electrons. The van der Waals surface area contributed by atoms with Crippen LogP contribution in [0.2, 0.25) is 0 Å². The molecule has 30 heavy (non-hydrogen) atoms. The Morgan fingerprint density at radius 3 is 1.50 bits per heavy atom. The van der Waals surface area contributed by atoms with E-state index in [1.165, 1.54) is 38.5 Å². The van der Waals surface area contributed by atoms with Crippen LogP contribution in [-0.4, -0.2) is 35.8 Å². The van der Waals surface area contributed by atoms with E-state index in [2.05, 4.69) is 46.4 Å². The van der Waals surface area contributed by atoms with Crippen LogP contribution in [0.25, 0.3) is 0 Å². The van der Waals surface area contributed by atoms with Crippen LogP contribution in [0.15, 0.2) is 0 Å². The number of nitrogens with zero attached hydrogens (tertiary/aromatic N) is 1. The normalized spacial score (nSPS) is 17.1. The molecule has 0 bridgehead atoms. The standard InChI is InChI=1S/C25H54NO3P/c1-7-13-16-23(10-4)19-26(20-24(11-5)17-14-8-2)22-30(27,28)29-21-25(12-6)18-15-9-3/h23-25H,7-22H2,1-6H3,(H,27,28). The first kappa shape index (κ1) is 30.1. The van der Waals surface area contributed by atoms with Crippen molar-refractivity contribution in [1.82, 2.24) is 4.90 Å². The second kappa shape index (κ2) is 18.7. The third-order valence-electron chi connectivity index (χ3n) is 6.55. The predicted molar refractivity (Wildman–Crippen MR) is 132 cm³/mol. The van der Waals surface area contributed by atoms with Gasteiger partial charge in [0.15, 0.2) is 0 Å². The van der Waals surface area contributed by atoms with Crippen LogP contribution in [0.4, 0.5) is 0 Å². The van der Waals surface area contributed by atoms with Crippen molar-refractivity contribution in [2.24, 2.45) is 17.8 Å². The summed E-state index contributed by atoms with van der Waals surface area (Å²) >= 11 is 0. The Morgan fingerprint density at radius 1 is 0.733 bits per heavy atom. The molecule has 0 rings (SSSR count). The summed E-state index contributed by atoms with van der Waals surface area (Å²) in [6.45, 7) is 15.6. The van der Waals surface area contributed by atoms with Gasteiger partial charge < -0.3 is 9.42 Å². The fourth-order valence-electron chi connectivity index (χ4n) is 4.17. The first-order valence-corrected chi connectivity index (χ1v) is 14.8. The first-order valence-electron chi connectivity index (χ1n) is 13.0.